The average molecular weight is 272 g/mol. The second-order valence-electron chi connectivity index (χ2n) is 4.62. The molecule has 2 N–H and O–H groups in total. The van der Waals surface area contributed by atoms with Gasteiger partial charge in [0.1, 0.15) is 5.75 Å². The van der Waals surface area contributed by atoms with Crippen LogP contribution in [0.5, 0.6) is 5.75 Å². The minimum absolute atomic E-state index is 0.108. The number of benzene rings is 1. The number of hydrogen-bond acceptors (Lipinski definition) is 3. The zero-order valence-corrected chi connectivity index (χ0v) is 11.5. The van der Waals surface area contributed by atoms with E-state index in [4.69, 9.17) is 21.4 Å². The van der Waals surface area contributed by atoms with Gasteiger partial charge < -0.3 is 15.2 Å². The van der Waals surface area contributed by atoms with Crippen LogP contribution in [-0.2, 0) is 4.79 Å². The molecule has 0 bridgehead atoms. The molecule has 0 aliphatic heterocycles. The topological polar surface area (TPSA) is 58.6 Å². The molecule has 5 heteroatoms. The van der Waals surface area contributed by atoms with Crippen molar-refractivity contribution < 1.29 is 14.6 Å². The van der Waals surface area contributed by atoms with Gasteiger partial charge in [-0.1, -0.05) is 11.6 Å². The Hall–Kier alpha value is -1.26. The van der Waals surface area contributed by atoms with Crippen molar-refractivity contribution in [2.45, 2.75) is 32.4 Å². The molecule has 1 rings (SSSR count). The fourth-order valence-electron chi connectivity index (χ4n) is 1.29. The molecule has 0 fully saturated rings. The van der Waals surface area contributed by atoms with Gasteiger partial charge in [-0.25, -0.2) is 0 Å². The molecule has 0 heterocycles. The highest BCUT2D eigenvalue weighted by molar-refractivity contribution is 6.30. The first-order valence-electron chi connectivity index (χ1n) is 5.71. The van der Waals surface area contributed by atoms with Crippen LogP contribution in [0.25, 0.3) is 0 Å². The Bertz CT molecular complexity index is 403. The lowest BCUT2D eigenvalue weighted by atomic mass is 10.1. The van der Waals surface area contributed by atoms with E-state index >= 15 is 0 Å². The van der Waals surface area contributed by atoms with Gasteiger partial charge in [-0.05, 0) is 45.0 Å². The molecule has 0 spiro atoms. The molecule has 0 aliphatic rings. The molecule has 100 valence electrons. The number of aliphatic hydroxyl groups is 1. The number of carbonyl (C=O) groups is 1. The summed E-state index contributed by atoms with van der Waals surface area (Å²) in [6.07, 6.45) is 0. The molecule has 1 amide bonds. The molecule has 0 unspecified atom stereocenters. The monoisotopic (exact) mass is 271 g/mol. The third-order valence-electron chi connectivity index (χ3n) is 2.38. The number of carbonyl (C=O) groups excluding carboxylic acids is 1. The van der Waals surface area contributed by atoms with Crippen molar-refractivity contribution in [1.29, 1.82) is 0 Å². The van der Waals surface area contributed by atoms with Crippen LogP contribution in [0.3, 0.4) is 0 Å². The molecule has 1 atom stereocenters. The van der Waals surface area contributed by atoms with E-state index in [-0.39, 0.29) is 18.6 Å². The molecule has 0 aliphatic carbocycles. The van der Waals surface area contributed by atoms with Crippen molar-refractivity contribution in [3.63, 3.8) is 0 Å². The summed E-state index contributed by atoms with van der Waals surface area (Å²) < 4.78 is 5.61. The Kier molecular flexibility index (Phi) is 4.99. The summed E-state index contributed by atoms with van der Waals surface area (Å²) in [5.41, 5.74) is -1.02. The maximum Gasteiger partial charge on any atom is 0.263 e. The summed E-state index contributed by atoms with van der Waals surface area (Å²) in [4.78, 5) is 11.9. The normalized spacial score (nSPS) is 12.9. The van der Waals surface area contributed by atoms with Crippen molar-refractivity contribution in [1.82, 2.24) is 5.32 Å². The standard InChI is InChI=1S/C13H18ClNO3/c1-9(8-16)15-12(17)13(2,3)18-11-6-4-10(14)5-7-11/h4-7,9,16H,8H2,1-3H3,(H,15,17)/t9-/m1/s1. The summed E-state index contributed by atoms with van der Waals surface area (Å²) in [6, 6.07) is 6.49. The van der Waals surface area contributed by atoms with Crippen LogP contribution in [0.4, 0.5) is 0 Å². The first kappa shape index (κ1) is 14.8. The molecule has 1 aromatic rings. The molecule has 0 saturated carbocycles. The molecule has 0 aromatic heterocycles. The quantitative estimate of drug-likeness (QED) is 0.861. The van der Waals surface area contributed by atoms with E-state index < -0.39 is 5.60 Å². The second-order valence-corrected chi connectivity index (χ2v) is 5.06. The molecule has 4 nitrogen and oxygen atoms in total. The van der Waals surface area contributed by atoms with Crippen LogP contribution in [0.1, 0.15) is 20.8 Å². The third kappa shape index (κ3) is 4.20. The van der Waals surface area contributed by atoms with Crippen LogP contribution < -0.4 is 10.1 Å². The van der Waals surface area contributed by atoms with Crippen LogP contribution in [0.2, 0.25) is 5.02 Å². The fourth-order valence-corrected chi connectivity index (χ4v) is 1.41. The number of rotatable bonds is 5. The van der Waals surface area contributed by atoms with Gasteiger partial charge in [-0.15, -0.1) is 0 Å². The molecule has 1 aromatic carbocycles. The predicted molar refractivity (Wildman–Crippen MR) is 70.8 cm³/mol. The molecule has 0 saturated heterocycles. The summed E-state index contributed by atoms with van der Waals surface area (Å²) >= 11 is 5.77. The van der Waals surface area contributed by atoms with E-state index in [1.54, 1.807) is 45.0 Å². The summed E-state index contributed by atoms with van der Waals surface area (Å²) in [6.45, 7) is 4.95. The third-order valence-corrected chi connectivity index (χ3v) is 2.64. The van der Waals surface area contributed by atoms with Gasteiger partial charge in [0.15, 0.2) is 5.60 Å². The Morgan fingerprint density at radius 2 is 2.00 bits per heavy atom. The molecular weight excluding hydrogens is 254 g/mol. The van der Waals surface area contributed by atoms with E-state index in [0.717, 1.165) is 0 Å². The van der Waals surface area contributed by atoms with Crippen molar-refractivity contribution in [2.75, 3.05) is 6.61 Å². The van der Waals surface area contributed by atoms with Gasteiger partial charge in [0, 0.05) is 11.1 Å². The maximum absolute atomic E-state index is 11.9. The van der Waals surface area contributed by atoms with Gasteiger partial charge >= 0.3 is 0 Å². The second kappa shape index (κ2) is 6.07. The molecule has 0 radical (unpaired) electrons. The van der Waals surface area contributed by atoms with Crippen LogP contribution in [0, 0.1) is 0 Å². The number of amides is 1. The zero-order valence-electron chi connectivity index (χ0n) is 10.7. The fraction of sp³-hybridized carbons (Fsp3) is 0.462. The van der Waals surface area contributed by atoms with Crippen molar-refractivity contribution in [3.05, 3.63) is 29.3 Å². The lowest BCUT2D eigenvalue weighted by Crippen LogP contribution is -2.50. The maximum atomic E-state index is 11.9. The number of ether oxygens (including phenoxy) is 1. The largest absolute Gasteiger partial charge is 0.478 e. The summed E-state index contributed by atoms with van der Waals surface area (Å²) in [5, 5.41) is 12.2. The number of aliphatic hydroxyl groups excluding tert-OH is 1. The Balaban J connectivity index is 2.68. The van der Waals surface area contributed by atoms with Gasteiger partial charge in [-0.2, -0.15) is 0 Å². The highest BCUT2D eigenvalue weighted by Gasteiger charge is 2.30. The van der Waals surface area contributed by atoms with E-state index in [1.807, 2.05) is 0 Å². The molecular formula is C13H18ClNO3. The van der Waals surface area contributed by atoms with Gasteiger partial charge in [-0.3, -0.25) is 4.79 Å². The van der Waals surface area contributed by atoms with Gasteiger partial charge in [0.2, 0.25) is 0 Å². The van der Waals surface area contributed by atoms with E-state index in [2.05, 4.69) is 5.32 Å². The highest BCUT2D eigenvalue weighted by atomic mass is 35.5. The van der Waals surface area contributed by atoms with Gasteiger partial charge in [0.05, 0.1) is 6.61 Å². The van der Waals surface area contributed by atoms with E-state index in [0.29, 0.717) is 10.8 Å². The lowest BCUT2D eigenvalue weighted by molar-refractivity contribution is -0.135. The van der Waals surface area contributed by atoms with Crippen LogP contribution in [0.15, 0.2) is 24.3 Å². The van der Waals surface area contributed by atoms with Crippen molar-refractivity contribution in [3.8, 4) is 5.75 Å². The highest BCUT2D eigenvalue weighted by Crippen LogP contribution is 2.21. The zero-order chi connectivity index (χ0) is 13.8. The van der Waals surface area contributed by atoms with Gasteiger partial charge in [0.25, 0.3) is 5.91 Å². The first-order chi connectivity index (χ1) is 8.35. The number of nitrogens with one attached hydrogen (secondary N) is 1. The SMILES string of the molecule is C[C@H](CO)NC(=O)C(C)(C)Oc1ccc(Cl)cc1. The molecule has 18 heavy (non-hydrogen) atoms. The minimum atomic E-state index is -1.02. The predicted octanol–water partition coefficient (Wildman–Crippen LogP) is 1.99. The van der Waals surface area contributed by atoms with Crippen LogP contribution in [-0.4, -0.2) is 29.3 Å². The lowest BCUT2D eigenvalue weighted by Gasteiger charge is -2.26. The van der Waals surface area contributed by atoms with Crippen molar-refractivity contribution in [2.24, 2.45) is 0 Å². The Morgan fingerprint density at radius 1 is 1.44 bits per heavy atom. The number of hydrogen-bond donors (Lipinski definition) is 2. The van der Waals surface area contributed by atoms with E-state index in [1.165, 1.54) is 0 Å². The summed E-state index contributed by atoms with van der Waals surface area (Å²) in [5.74, 6) is 0.287. The van der Waals surface area contributed by atoms with Crippen molar-refractivity contribution >= 4 is 17.5 Å². The Morgan fingerprint density at radius 3 is 2.50 bits per heavy atom. The van der Waals surface area contributed by atoms with Crippen LogP contribution >= 0.6 is 11.6 Å². The average Bonchev–Trinajstić information content (AvgIpc) is 2.31. The first-order valence-corrected chi connectivity index (χ1v) is 6.09. The number of halogens is 1. The van der Waals surface area contributed by atoms with E-state index in [9.17, 15) is 4.79 Å². The minimum Gasteiger partial charge on any atom is -0.478 e. The Labute approximate surface area is 112 Å². The summed E-state index contributed by atoms with van der Waals surface area (Å²) in [7, 11) is 0. The smallest absolute Gasteiger partial charge is 0.263 e.